The van der Waals surface area contributed by atoms with E-state index in [1.54, 1.807) is 0 Å². The summed E-state index contributed by atoms with van der Waals surface area (Å²) in [6.07, 6.45) is 0. The first kappa shape index (κ1) is 21.1. The van der Waals surface area contributed by atoms with Gasteiger partial charge in [0, 0.05) is 5.41 Å². The van der Waals surface area contributed by atoms with Crippen LogP contribution in [0.2, 0.25) is 0 Å². The Hall–Kier alpha value is -2.58. The summed E-state index contributed by atoms with van der Waals surface area (Å²) in [5.74, 6) is 1.67. The zero-order chi connectivity index (χ0) is 20.9. The van der Waals surface area contributed by atoms with E-state index in [0.29, 0.717) is 13.2 Å². The van der Waals surface area contributed by atoms with Gasteiger partial charge in [-0.25, -0.2) is 0 Å². The third-order valence-corrected chi connectivity index (χ3v) is 5.14. The number of ether oxygens (including phenoxy) is 2. The minimum Gasteiger partial charge on any atom is -0.457 e. The summed E-state index contributed by atoms with van der Waals surface area (Å²) in [6.45, 7) is 12.4. The summed E-state index contributed by atoms with van der Waals surface area (Å²) in [4.78, 5) is 0. The van der Waals surface area contributed by atoms with Crippen molar-refractivity contribution in [3.8, 4) is 11.5 Å². The Kier molecular flexibility index (Phi) is 6.44. The number of rotatable bonds is 7. The largest absolute Gasteiger partial charge is 0.457 e. The van der Waals surface area contributed by atoms with E-state index in [-0.39, 0.29) is 10.8 Å². The molecule has 0 N–H and O–H groups in total. The molecular weight excluding hydrogens is 356 g/mol. The van der Waals surface area contributed by atoms with Gasteiger partial charge in [-0.05, 0) is 46.4 Å². The van der Waals surface area contributed by atoms with Gasteiger partial charge in [-0.2, -0.15) is 0 Å². The highest BCUT2D eigenvalue weighted by Gasteiger charge is 2.22. The summed E-state index contributed by atoms with van der Waals surface area (Å²) in [6, 6.07) is 26.9. The van der Waals surface area contributed by atoms with Crippen molar-refractivity contribution >= 4 is 0 Å². The molecule has 152 valence electrons. The van der Waals surface area contributed by atoms with Crippen LogP contribution in [0.4, 0.5) is 0 Å². The molecule has 3 aromatic rings. The molecular formula is C27H32O2. The first-order valence-electron chi connectivity index (χ1n) is 10.2. The smallest absolute Gasteiger partial charge is 0.127 e. The van der Waals surface area contributed by atoms with Gasteiger partial charge in [0.2, 0.25) is 0 Å². The number of benzene rings is 3. The quantitative estimate of drug-likeness (QED) is 0.424. The lowest BCUT2D eigenvalue weighted by atomic mass is 9.81. The molecule has 0 aliphatic heterocycles. The Morgan fingerprint density at radius 3 is 1.93 bits per heavy atom. The van der Waals surface area contributed by atoms with Gasteiger partial charge < -0.3 is 9.47 Å². The van der Waals surface area contributed by atoms with E-state index in [1.807, 2.05) is 48.5 Å². The minimum absolute atomic E-state index is 0.0471. The van der Waals surface area contributed by atoms with Crippen LogP contribution in [0.5, 0.6) is 11.5 Å². The van der Waals surface area contributed by atoms with Gasteiger partial charge in [0.15, 0.2) is 0 Å². The zero-order valence-electron chi connectivity index (χ0n) is 18.2. The van der Waals surface area contributed by atoms with Crippen molar-refractivity contribution in [2.24, 2.45) is 0 Å². The zero-order valence-corrected chi connectivity index (χ0v) is 18.2. The maximum Gasteiger partial charge on any atom is 0.127 e. The third kappa shape index (κ3) is 5.95. The van der Waals surface area contributed by atoms with Crippen LogP contribution in [0.1, 0.15) is 51.3 Å². The molecule has 0 bridgehead atoms. The first-order valence-corrected chi connectivity index (χ1v) is 10.2. The lowest BCUT2D eigenvalue weighted by Gasteiger charge is -2.27. The van der Waals surface area contributed by atoms with Crippen LogP contribution in [-0.2, 0) is 22.2 Å². The highest BCUT2D eigenvalue weighted by atomic mass is 16.5. The predicted molar refractivity (Wildman–Crippen MR) is 121 cm³/mol. The average Bonchev–Trinajstić information content (AvgIpc) is 2.68. The summed E-state index contributed by atoms with van der Waals surface area (Å²) in [5.41, 5.74) is 3.89. The molecule has 0 radical (unpaired) electrons. The second-order valence-corrected chi connectivity index (χ2v) is 9.27. The molecule has 0 aromatic heterocycles. The minimum atomic E-state index is -0.0471. The number of para-hydroxylation sites is 1. The van der Waals surface area contributed by atoms with Gasteiger partial charge in [-0.3, -0.25) is 0 Å². The Morgan fingerprint density at radius 2 is 1.28 bits per heavy atom. The predicted octanol–water partition coefficient (Wildman–Crippen LogP) is 7.27. The monoisotopic (exact) mass is 388 g/mol. The lowest BCUT2D eigenvalue weighted by Crippen LogP contribution is -2.24. The Labute approximate surface area is 175 Å². The van der Waals surface area contributed by atoms with Gasteiger partial charge in [0.1, 0.15) is 11.5 Å². The van der Waals surface area contributed by atoms with E-state index in [0.717, 1.165) is 17.1 Å². The van der Waals surface area contributed by atoms with E-state index in [1.165, 1.54) is 11.1 Å². The maximum absolute atomic E-state index is 6.09. The van der Waals surface area contributed by atoms with Crippen molar-refractivity contribution in [2.75, 3.05) is 6.61 Å². The highest BCUT2D eigenvalue weighted by Crippen LogP contribution is 2.28. The molecule has 2 nitrogen and oxygen atoms in total. The van der Waals surface area contributed by atoms with Crippen molar-refractivity contribution in [1.29, 1.82) is 0 Å². The molecule has 0 atom stereocenters. The standard InChI is InChI=1S/C27H32O2/c1-26(2,3)22-14-16-23(17-15-22)27(4,5)20-28-19-21-10-9-13-25(18-21)29-24-11-7-6-8-12-24/h6-18H,19-20H2,1-5H3. The van der Waals surface area contributed by atoms with Gasteiger partial charge in [-0.15, -0.1) is 0 Å². The maximum atomic E-state index is 6.09. The van der Waals surface area contributed by atoms with Crippen LogP contribution in [0.15, 0.2) is 78.9 Å². The molecule has 0 aliphatic rings. The van der Waals surface area contributed by atoms with E-state index in [9.17, 15) is 0 Å². The molecule has 0 saturated carbocycles. The third-order valence-electron chi connectivity index (χ3n) is 5.14. The SMILES string of the molecule is CC(C)(C)c1ccc(C(C)(C)COCc2cccc(Oc3ccccc3)c2)cc1. The van der Waals surface area contributed by atoms with Crippen LogP contribution in [-0.4, -0.2) is 6.61 Å². The molecule has 3 rings (SSSR count). The lowest BCUT2D eigenvalue weighted by molar-refractivity contribution is 0.0824. The van der Waals surface area contributed by atoms with E-state index in [2.05, 4.69) is 65.0 Å². The number of hydrogen-bond donors (Lipinski definition) is 0. The van der Waals surface area contributed by atoms with Crippen molar-refractivity contribution in [2.45, 2.75) is 52.1 Å². The number of hydrogen-bond acceptors (Lipinski definition) is 2. The van der Waals surface area contributed by atoms with Crippen molar-refractivity contribution in [1.82, 2.24) is 0 Å². The average molecular weight is 389 g/mol. The highest BCUT2D eigenvalue weighted by molar-refractivity contribution is 5.34. The fourth-order valence-corrected chi connectivity index (χ4v) is 3.25. The fraction of sp³-hybridized carbons (Fsp3) is 0.333. The van der Waals surface area contributed by atoms with Crippen LogP contribution in [0.3, 0.4) is 0 Å². The Balaban J connectivity index is 1.58. The Morgan fingerprint density at radius 1 is 0.655 bits per heavy atom. The second-order valence-electron chi connectivity index (χ2n) is 9.27. The van der Waals surface area contributed by atoms with Gasteiger partial charge in [0.05, 0.1) is 13.2 Å². The van der Waals surface area contributed by atoms with E-state index < -0.39 is 0 Å². The molecule has 2 heteroatoms. The topological polar surface area (TPSA) is 18.5 Å². The molecule has 0 fully saturated rings. The van der Waals surface area contributed by atoms with Crippen molar-refractivity contribution in [3.63, 3.8) is 0 Å². The van der Waals surface area contributed by atoms with Crippen LogP contribution in [0, 0.1) is 0 Å². The van der Waals surface area contributed by atoms with E-state index in [4.69, 9.17) is 9.47 Å². The van der Waals surface area contributed by atoms with Crippen LogP contribution >= 0.6 is 0 Å². The molecule has 3 aromatic carbocycles. The molecule has 0 spiro atoms. The molecule has 0 saturated heterocycles. The first-order chi connectivity index (χ1) is 13.7. The van der Waals surface area contributed by atoms with E-state index >= 15 is 0 Å². The molecule has 0 aliphatic carbocycles. The van der Waals surface area contributed by atoms with Gasteiger partial charge in [-0.1, -0.05) is 89.2 Å². The molecule has 0 amide bonds. The van der Waals surface area contributed by atoms with Crippen LogP contribution in [0.25, 0.3) is 0 Å². The fourth-order valence-electron chi connectivity index (χ4n) is 3.25. The Bertz CT molecular complexity index is 903. The normalized spacial score (nSPS) is 12.0. The van der Waals surface area contributed by atoms with Crippen molar-refractivity contribution < 1.29 is 9.47 Å². The molecule has 29 heavy (non-hydrogen) atoms. The summed E-state index contributed by atoms with van der Waals surface area (Å²) < 4.78 is 12.0. The van der Waals surface area contributed by atoms with Crippen molar-refractivity contribution in [3.05, 3.63) is 95.6 Å². The summed E-state index contributed by atoms with van der Waals surface area (Å²) in [7, 11) is 0. The molecule has 0 heterocycles. The summed E-state index contributed by atoms with van der Waals surface area (Å²) in [5, 5.41) is 0. The van der Waals surface area contributed by atoms with Gasteiger partial charge >= 0.3 is 0 Å². The van der Waals surface area contributed by atoms with Gasteiger partial charge in [0.25, 0.3) is 0 Å². The second kappa shape index (κ2) is 8.84. The summed E-state index contributed by atoms with van der Waals surface area (Å²) >= 11 is 0. The molecule has 0 unspecified atom stereocenters. The van der Waals surface area contributed by atoms with Crippen LogP contribution < -0.4 is 4.74 Å².